The Morgan fingerprint density at radius 3 is 2.48 bits per heavy atom. The van der Waals surface area contributed by atoms with Crippen LogP contribution in [-0.4, -0.2) is 17.9 Å². The lowest BCUT2D eigenvalue weighted by atomic mass is 10.1. The molecule has 0 saturated heterocycles. The fraction of sp³-hybridized carbons (Fsp3) is 0.0714. The van der Waals surface area contributed by atoms with Crippen LogP contribution in [0.15, 0.2) is 42.5 Å². The van der Waals surface area contributed by atoms with Crippen molar-refractivity contribution in [2.75, 3.05) is 17.7 Å². The van der Waals surface area contributed by atoms with Gasteiger partial charge in [-0.2, -0.15) is 0 Å². The average molecular weight is 289 g/mol. The van der Waals surface area contributed by atoms with Gasteiger partial charge in [0.1, 0.15) is 5.56 Å². The van der Waals surface area contributed by atoms with E-state index in [2.05, 4.69) is 10.6 Å². The molecular weight excluding hydrogens is 277 g/mol. The molecule has 0 unspecified atom stereocenters. The molecule has 0 aromatic heterocycles. The zero-order valence-corrected chi connectivity index (χ0v) is 11.1. The smallest absolute Gasteiger partial charge is 0.285 e. The van der Waals surface area contributed by atoms with E-state index in [9.17, 15) is 19.3 Å². The van der Waals surface area contributed by atoms with Crippen LogP contribution in [0, 0.1) is 15.9 Å². The second-order valence-corrected chi connectivity index (χ2v) is 4.18. The molecular formula is C14H12FN3O3. The molecule has 1 amide bonds. The molecule has 0 aliphatic rings. The van der Waals surface area contributed by atoms with Gasteiger partial charge >= 0.3 is 0 Å². The number of carbonyl (C=O) groups is 1. The molecule has 2 rings (SSSR count). The van der Waals surface area contributed by atoms with Crippen molar-refractivity contribution in [2.45, 2.75) is 0 Å². The number of carbonyl (C=O) groups excluding carboxylic acids is 1. The molecule has 2 N–H and O–H groups in total. The van der Waals surface area contributed by atoms with Gasteiger partial charge in [0.15, 0.2) is 5.82 Å². The third-order valence-corrected chi connectivity index (χ3v) is 2.83. The molecule has 0 spiro atoms. The van der Waals surface area contributed by atoms with Crippen LogP contribution in [0.5, 0.6) is 0 Å². The summed E-state index contributed by atoms with van der Waals surface area (Å²) in [4.78, 5) is 22.3. The molecule has 21 heavy (non-hydrogen) atoms. The number of anilines is 2. The van der Waals surface area contributed by atoms with Gasteiger partial charge in [-0.25, -0.2) is 4.39 Å². The number of hydrogen-bond acceptors (Lipinski definition) is 4. The Balaban J connectivity index is 2.41. The number of halogens is 1. The van der Waals surface area contributed by atoms with Crippen LogP contribution in [0.2, 0.25) is 0 Å². The van der Waals surface area contributed by atoms with Crippen molar-refractivity contribution >= 4 is 23.0 Å². The number of nitrogens with one attached hydrogen (secondary N) is 2. The van der Waals surface area contributed by atoms with Crippen molar-refractivity contribution in [1.82, 2.24) is 0 Å². The Morgan fingerprint density at radius 1 is 1.24 bits per heavy atom. The van der Waals surface area contributed by atoms with Gasteiger partial charge < -0.3 is 10.6 Å². The number of para-hydroxylation sites is 1. The standard InChI is InChI=1S/C14H12FN3O3/c1-16-12-7-10(13(18(20)21)8-11(12)15)14(19)17-9-5-3-2-4-6-9/h2-8,16H,1H3,(H,17,19). The van der Waals surface area contributed by atoms with Gasteiger partial charge in [-0.1, -0.05) is 18.2 Å². The first-order valence-electron chi connectivity index (χ1n) is 6.05. The number of amides is 1. The molecule has 2 aromatic carbocycles. The normalized spacial score (nSPS) is 10.0. The zero-order chi connectivity index (χ0) is 15.4. The lowest BCUT2D eigenvalue weighted by Gasteiger charge is -2.08. The fourth-order valence-electron chi connectivity index (χ4n) is 1.81. The van der Waals surface area contributed by atoms with Crippen molar-refractivity contribution in [2.24, 2.45) is 0 Å². The van der Waals surface area contributed by atoms with Crippen LogP contribution in [0.3, 0.4) is 0 Å². The molecule has 108 valence electrons. The number of rotatable bonds is 4. The molecule has 2 aromatic rings. The second-order valence-electron chi connectivity index (χ2n) is 4.18. The third-order valence-electron chi connectivity index (χ3n) is 2.83. The minimum Gasteiger partial charge on any atom is -0.386 e. The van der Waals surface area contributed by atoms with Crippen LogP contribution in [-0.2, 0) is 0 Å². The van der Waals surface area contributed by atoms with E-state index in [1.54, 1.807) is 30.3 Å². The highest BCUT2D eigenvalue weighted by Gasteiger charge is 2.23. The molecule has 0 heterocycles. The summed E-state index contributed by atoms with van der Waals surface area (Å²) >= 11 is 0. The quantitative estimate of drug-likeness (QED) is 0.669. The SMILES string of the molecule is CNc1cc(C(=O)Nc2ccccc2)c([N+](=O)[O-])cc1F. The number of nitro benzene ring substituents is 1. The molecule has 0 radical (unpaired) electrons. The summed E-state index contributed by atoms with van der Waals surface area (Å²) < 4.78 is 13.6. The number of nitrogens with zero attached hydrogens (tertiary/aromatic N) is 1. The third kappa shape index (κ3) is 3.14. The van der Waals surface area contributed by atoms with E-state index in [1.165, 1.54) is 7.05 Å². The second kappa shape index (κ2) is 6.00. The average Bonchev–Trinajstić information content (AvgIpc) is 2.47. The maximum Gasteiger partial charge on any atom is 0.285 e. The van der Waals surface area contributed by atoms with Crippen LogP contribution in [0.1, 0.15) is 10.4 Å². The molecule has 0 aliphatic carbocycles. The highest BCUT2D eigenvalue weighted by atomic mass is 19.1. The van der Waals surface area contributed by atoms with E-state index in [0.717, 1.165) is 12.1 Å². The Bertz CT molecular complexity index is 689. The van der Waals surface area contributed by atoms with E-state index in [1.807, 2.05) is 0 Å². The first kappa shape index (κ1) is 14.4. The van der Waals surface area contributed by atoms with Gasteiger partial charge in [-0.3, -0.25) is 14.9 Å². The summed E-state index contributed by atoms with van der Waals surface area (Å²) in [5.41, 5.74) is -0.291. The van der Waals surface area contributed by atoms with Crippen molar-refractivity contribution in [3.63, 3.8) is 0 Å². The lowest BCUT2D eigenvalue weighted by molar-refractivity contribution is -0.385. The van der Waals surface area contributed by atoms with Crippen molar-refractivity contribution in [3.8, 4) is 0 Å². The van der Waals surface area contributed by atoms with Crippen molar-refractivity contribution in [1.29, 1.82) is 0 Å². The first-order chi connectivity index (χ1) is 10.0. The summed E-state index contributed by atoms with van der Waals surface area (Å²) in [6.07, 6.45) is 0. The predicted molar refractivity (Wildman–Crippen MR) is 77.0 cm³/mol. The Labute approximate surface area is 119 Å². The molecule has 7 heteroatoms. The minimum absolute atomic E-state index is 0.0128. The highest BCUT2D eigenvalue weighted by Crippen LogP contribution is 2.26. The molecule has 0 bridgehead atoms. The zero-order valence-electron chi connectivity index (χ0n) is 11.1. The maximum absolute atomic E-state index is 13.6. The topological polar surface area (TPSA) is 84.3 Å². The van der Waals surface area contributed by atoms with Gasteiger partial charge in [-0.15, -0.1) is 0 Å². The summed E-state index contributed by atoms with van der Waals surface area (Å²) in [6.45, 7) is 0. The van der Waals surface area contributed by atoms with Gasteiger partial charge in [0, 0.05) is 12.7 Å². The van der Waals surface area contributed by atoms with Crippen molar-refractivity contribution < 1.29 is 14.1 Å². The number of benzene rings is 2. The van der Waals surface area contributed by atoms with Crippen LogP contribution < -0.4 is 10.6 Å². The van der Waals surface area contributed by atoms with Gasteiger partial charge in [0.05, 0.1) is 16.7 Å². The maximum atomic E-state index is 13.6. The van der Waals surface area contributed by atoms with Crippen LogP contribution in [0.4, 0.5) is 21.5 Å². The number of nitro groups is 1. The van der Waals surface area contributed by atoms with E-state index >= 15 is 0 Å². The molecule has 0 fully saturated rings. The van der Waals surface area contributed by atoms with Crippen LogP contribution in [0.25, 0.3) is 0 Å². The highest BCUT2D eigenvalue weighted by molar-refractivity contribution is 6.07. The fourth-order valence-corrected chi connectivity index (χ4v) is 1.81. The molecule has 0 atom stereocenters. The van der Waals surface area contributed by atoms with E-state index in [-0.39, 0.29) is 11.3 Å². The Kier molecular flexibility index (Phi) is 4.13. The first-order valence-corrected chi connectivity index (χ1v) is 6.05. The van der Waals surface area contributed by atoms with Gasteiger partial charge in [0.2, 0.25) is 0 Å². The van der Waals surface area contributed by atoms with Crippen LogP contribution >= 0.6 is 0 Å². The summed E-state index contributed by atoms with van der Waals surface area (Å²) in [6, 6.07) is 10.3. The Morgan fingerprint density at radius 2 is 1.90 bits per heavy atom. The molecule has 6 nitrogen and oxygen atoms in total. The largest absolute Gasteiger partial charge is 0.386 e. The summed E-state index contributed by atoms with van der Waals surface area (Å²) in [5, 5.41) is 16.0. The molecule has 0 saturated carbocycles. The van der Waals surface area contributed by atoms with E-state index in [0.29, 0.717) is 5.69 Å². The Hall–Kier alpha value is -2.96. The van der Waals surface area contributed by atoms with Gasteiger partial charge in [0.25, 0.3) is 11.6 Å². The lowest BCUT2D eigenvalue weighted by Crippen LogP contribution is -2.15. The predicted octanol–water partition coefficient (Wildman–Crippen LogP) is 3.03. The number of hydrogen-bond donors (Lipinski definition) is 2. The summed E-state index contributed by atoms with van der Waals surface area (Å²) in [7, 11) is 1.46. The van der Waals surface area contributed by atoms with Crippen molar-refractivity contribution in [3.05, 3.63) is 64.0 Å². The molecule has 0 aliphatic heterocycles. The van der Waals surface area contributed by atoms with E-state index in [4.69, 9.17) is 0 Å². The van der Waals surface area contributed by atoms with Gasteiger partial charge in [-0.05, 0) is 18.2 Å². The minimum atomic E-state index is -0.791. The van der Waals surface area contributed by atoms with E-state index < -0.39 is 22.3 Å². The monoisotopic (exact) mass is 289 g/mol. The summed E-state index contributed by atoms with van der Waals surface area (Å²) in [5.74, 6) is -1.47.